The zero-order valence-electron chi connectivity index (χ0n) is 17.9. The van der Waals surface area contributed by atoms with Gasteiger partial charge in [0.25, 0.3) is 5.91 Å². The Kier molecular flexibility index (Phi) is 7.02. The highest BCUT2D eigenvalue weighted by molar-refractivity contribution is 7.89. The van der Waals surface area contributed by atoms with E-state index < -0.39 is 39.8 Å². The van der Waals surface area contributed by atoms with Gasteiger partial charge in [0.1, 0.15) is 23.4 Å². The molecule has 0 saturated carbocycles. The molecule has 2 heterocycles. The molecule has 9 nitrogen and oxygen atoms in total. The quantitative estimate of drug-likeness (QED) is 0.330. The summed E-state index contributed by atoms with van der Waals surface area (Å²) in [6, 6.07) is 7.16. The normalized spacial score (nSPS) is 19.6. The first kappa shape index (κ1) is 25.3. The van der Waals surface area contributed by atoms with Crippen molar-refractivity contribution in [2.24, 2.45) is 0 Å². The number of rotatable bonds is 6. The largest absolute Gasteiger partial charge is 0.486 e. The van der Waals surface area contributed by atoms with Gasteiger partial charge in [0.15, 0.2) is 0 Å². The van der Waals surface area contributed by atoms with Gasteiger partial charge in [-0.2, -0.15) is 17.5 Å². The minimum Gasteiger partial charge on any atom is -0.486 e. The maximum Gasteiger partial charge on any atom is 0.416 e. The number of hydrogen-bond acceptors (Lipinski definition) is 8. The standard InChI is InChI=1S/C21H20F3N3O6S2/c22-21(23,24)12-3-8-17-15(10-12)25-18(34-17)11-33-13-4-6-14(7-5-13)35(31,32)27-9-1-2-16(28)19(27)20(29)26-30/h3-8,10,16,19,28,30H,1-2,9,11H2,(H,26,29)/t16-,19+/m0/s1. The molecule has 188 valence electrons. The minimum atomic E-state index is -4.47. The van der Waals surface area contributed by atoms with E-state index in [4.69, 9.17) is 9.94 Å². The van der Waals surface area contributed by atoms with Gasteiger partial charge in [-0.3, -0.25) is 10.0 Å². The lowest BCUT2D eigenvalue weighted by molar-refractivity contribution is -0.138. The van der Waals surface area contributed by atoms with Crippen molar-refractivity contribution >= 4 is 37.5 Å². The average Bonchev–Trinajstić information content (AvgIpc) is 3.24. The van der Waals surface area contributed by atoms with E-state index in [1.807, 2.05) is 0 Å². The van der Waals surface area contributed by atoms with Crippen LogP contribution in [0.4, 0.5) is 13.2 Å². The Morgan fingerprint density at radius 2 is 1.94 bits per heavy atom. The number of hydroxylamine groups is 1. The zero-order chi connectivity index (χ0) is 25.4. The van der Waals surface area contributed by atoms with Crippen molar-refractivity contribution in [2.45, 2.75) is 42.7 Å². The van der Waals surface area contributed by atoms with Crippen molar-refractivity contribution < 1.29 is 41.4 Å². The molecule has 0 bridgehead atoms. The molecule has 1 aliphatic heterocycles. The zero-order valence-corrected chi connectivity index (χ0v) is 19.5. The van der Waals surface area contributed by atoms with E-state index in [2.05, 4.69) is 4.98 Å². The number of thiazole rings is 1. The Morgan fingerprint density at radius 1 is 1.23 bits per heavy atom. The van der Waals surface area contributed by atoms with Crippen LogP contribution in [0.25, 0.3) is 10.2 Å². The molecule has 1 amide bonds. The molecule has 14 heteroatoms. The number of halogens is 3. The fourth-order valence-electron chi connectivity index (χ4n) is 3.79. The fraction of sp³-hybridized carbons (Fsp3) is 0.333. The Bertz CT molecular complexity index is 1330. The van der Waals surface area contributed by atoms with E-state index in [0.717, 1.165) is 16.4 Å². The van der Waals surface area contributed by atoms with Crippen molar-refractivity contribution in [2.75, 3.05) is 6.54 Å². The summed E-state index contributed by atoms with van der Waals surface area (Å²) in [6.07, 6.45) is -5.19. The van der Waals surface area contributed by atoms with Crippen molar-refractivity contribution in [3.63, 3.8) is 0 Å². The van der Waals surface area contributed by atoms with Crippen LogP contribution in [0.3, 0.4) is 0 Å². The maximum absolute atomic E-state index is 13.1. The van der Waals surface area contributed by atoms with Gasteiger partial charge >= 0.3 is 6.18 Å². The van der Waals surface area contributed by atoms with Crippen molar-refractivity contribution in [3.8, 4) is 5.75 Å². The predicted octanol–water partition coefficient (Wildman–Crippen LogP) is 2.91. The highest BCUT2D eigenvalue weighted by Gasteiger charge is 2.42. The number of sulfonamides is 1. The lowest BCUT2D eigenvalue weighted by Crippen LogP contribution is -2.57. The molecule has 1 aliphatic rings. The number of ether oxygens (including phenoxy) is 1. The number of amides is 1. The Morgan fingerprint density at radius 3 is 2.60 bits per heavy atom. The summed E-state index contributed by atoms with van der Waals surface area (Å²) in [4.78, 5) is 16.0. The highest BCUT2D eigenvalue weighted by Crippen LogP contribution is 2.33. The monoisotopic (exact) mass is 531 g/mol. The van der Waals surface area contributed by atoms with Gasteiger partial charge in [0.2, 0.25) is 10.0 Å². The molecule has 1 fully saturated rings. The second kappa shape index (κ2) is 9.70. The topological polar surface area (TPSA) is 129 Å². The third kappa shape index (κ3) is 5.26. The molecule has 2 aromatic carbocycles. The number of aromatic nitrogens is 1. The van der Waals surface area contributed by atoms with Crippen LogP contribution in [-0.2, 0) is 27.6 Å². The smallest absolute Gasteiger partial charge is 0.416 e. The number of carbonyl (C=O) groups is 1. The minimum absolute atomic E-state index is 0.0105. The van der Waals surface area contributed by atoms with Crippen LogP contribution >= 0.6 is 11.3 Å². The number of nitrogens with one attached hydrogen (secondary N) is 1. The summed E-state index contributed by atoms with van der Waals surface area (Å²) in [6.45, 7) is -0.0484. The molecule has 3 aromatic rings. The van der Waals surface area contributed by atoms with E-state index in [0.29, 0.717) is 21.9 Å². The summed E-state index contributed by atoms with van der Waals surface area (Å²) in [5.74, 6) is -0.735. The first-order valence-corrected chi connectivity index (χ1v) is 12.6. The Labute approximate surface area is 201 Å². The van der Waals surface area contributed by atoms with Crippen LogP contribution in [-0.4, -0.2) is 52.6 Å². The van der Waals surface area contributed by atoms with Crippen molar-refractivity contribution in [3.05, 3.63) is 53.0 Å². The number of aliphatic hydroxyl groups is 1. The maximum atomic E-state index is 13.1. The number of benzene rings is 2. The molecule has 0 unspecified atom stereocenters. The number of hydrogen-bond donors (Lipinski definition) is 3. The number of nitrogens with zero attached hydrogens (tertiary/aromatic N) is 2. The van der Waals surface area contributed by atoms with Crippen molar-refractivity contribution in [1.29, 1.82) is 0 Å². The SMILES string of the molecule is O=C(NO)[C@H]1[C@@H](O)CCCN1S(=O)(=O)c1ccc(OCc2nc3cc(C(F)(F)F)ccc3s2)cc1. The van der Waals surface area contributed by atoms with Gasteiger partial charge in [-0.05, 0) is 55.3 Å². The van der Waals surface area contributed by atoms with E-state index >= 15 is 0 Å². The molecule has 1 aromatic heterocycles. The van der Waals surface area contributed by atoms with E-state index in [9.17, 15) is 31.5 Å². The molecular weight excluding hydrogens is 511 g/mol. The molecule has 0 spiro atoms. The summed E-state index contributed by atoms with van der Waals surface area (Å²) < 4.78 is 71.8. The molecule has 3 N–H and O–H groups in total. The summed E-state index contributed by atoms with van der Waals surface area (Å²) in [7, 11) is -4.17. The predicted molar refractivity (Wildman–Crippen MR) is 118 cm³/mol. The number of alkyl halides is 3. The number of fused-ring (bicyclic) bond motifs is 1. The van der Waals surface area contributed by atoms with Crippen molar-refractivity contribution in [1.82, 2.24) is 14.8 Å². The van der Waals surface area contributed by atoms with Crippen LogP contribution in [0.15, 0.2) is 47.4 Å². The number of aliphatic hydroxyl groups excluding tert-OH is 1. The average molecular weight is 532 g/mol. The van der Waals surface area contributed by atoms with Crippen LogP contribution in [0.1, 0.15) is 23.4 Å². The van der Waals surface area contributed by atoms with Crippen LogP contribution in [0.5, 0.6) is 5.75 Å². The second-order valence-corrected chi connectivity index (χ2v) is 10.8. The first-order valence-electron chi connectivity index (χ1n) is 10.3. The lowest BCUT2D eigenvalue weighted by Gasteiger charge is -2.36. The third-order valence-electron chi connectivity index (χ3n) is 5.48. The van der Waals surface area contributed by atoms with Gasteiger partial charge in [-0.15, -0.1) is 11.3 Å². The third-order valence-corrected chi connectivity index (χ3v) is 8.39. The Balaban J connectivity index is 1.47. The van der Waals surface area contributed by atoms with Crippen LogP contribution in [0, 0.1) is 0 Å². The summed E-state index contributed by atoms with van der Waals surface area (Å²) >= 11 is 1.18. The molecule has 0 radical (unpaired) electrons. The summed E-state index contributed by atoms with van der Waals surface area (Å²) in [5, 5.41) is 19.5. The van der Waals surface area contributed by atoms with Gasteiger partial charge in [-0.25, -0.2) is 18.9 Å². The van der Waals surface area contributed by atoms with E-state index in [1.54, 1.807) is 0 Å². The molecule has 2 atom stereocenters. The van der Waals surface area contributed by atoms with Gasteiger partial charge in [0.05, 0.1) is 26.8 Å². The molecule has 35 heavy (non-hydrogen) atoms. The first-order chi connectivity index (χ1) is 16.5. The molecule has 4 rings (SSSR count). The van der Waals surface area contributed by atoms with Crippen LogP contribution in [0.2, 0.25) is 0 Å². The Hall–Kier alpha value is -2.78. The van der Waals surface area contributed by atoms with E-state index in [-0.39, 0.29) is 30.0 Å². The molecular formula is C21H20F3N3O6S2. The fourth-order valence-corrected chi connectivity index (χ4v) is 6.30. The second-order valence-electron chi connectivity index (χ2n) is 7.79. The van der Waals surface area contributed by atoms with E-state index in [1.165, 1.54) is 47.1 Å². The lowest BCUT2D eigenvalue weighted by atomic mass is 10.0. The van der Waals surface area contributed by atoms with Gasteiger partial charge in [0, 0.05) is 6.54 Å². The summed E-state index contributed by atoms with van der Waals surface area (Å²) in [5.41, 5.74) is 0.806. The molecule has 0 aliphatic carbocycles. The van der Waals surface area contributed by atoms with Gasteiger partial charge < -0.3 is 9.84 Å². The highest BCUT2D eigenvalue weighted by atomic mass is 32.2. The molecule has 1 saturated heterocycles. The number of piperidine rings is 1. The number of carbonyl (C=O) groups excluding carboxylic acids is 1. The van der Waals surface area contributed by atoms with Gasteiger partial charge in [-0.1, -0.05) is 0 Å². The van der Waals surface area contributed by atoms with Crippen LogP contribution < -0.4 is 10.2 Å².